The van der Waals surface area contributed by atoms with E-state index in [1.807, 2.05) is 24.3 Å². The predicted molar refractivity (Wildman–Crippen MR) is 68.2 cm³/mol. The van der Waals surface area contributed by atoms with Crippen molar-refractivity contribution in [3.63, 3.8) is 0 Å². The van der Waals surface area contributed by atoms with Crippen LogP contribution in [0.2, 0.25) is 0 Å². The third kappa shape index (κ3) is 1.79. The van der Waals surface area contributed by atoms with Crippen LogP contribution in [0.1, 0.15) is 17.7 Å². The maximum atomic E-state index is 8.85. The number of benzene rings is 1. The summed E-state index contributed by atoms with van der Waals surface area (Å²) in [6.45, 7) is 0.775. The minimum absolute atomic E-state index is 0.263. The van der Waals surface area contributed by atoms with Crippen molar-refractivity contribution in [2.75, 3.05) is 6.61 Å². The van der Waals surface area contributed by atoms with E-state index in [1.54, 1.807) is 0 Å². The second kappa shape index (κ2) is 4.46. The fourth-order valence-corrected chi connectivity index (χ4v) is 2.49. The van der Waals surface area contributed by atoms with Gasteiger partial charge in [-0.05, 0) is 52.5 Å². The number of hydrogen-bond acceptors (Lipinski definition) is 4. The smallest absolute Gasteiger partial charge is 0.198 e. The lowest BCUT2D eigenvalue weighted by Gasteiger charge is -2.17. The summed E-state index contributed by atoms with van der Waals surface area (Å²) in [4.78, 5) is 0. The highest BCUT2D eigenvalue weighted by atomic mass is 79.9. The molecule has 5 heteroatoms. The van der Waals surface area contributed by atoms with Crippen LogP contribution in [0.5, 0.6) is 5.75 Å². The lowest BCUT2D eigenvalue weighted by molar-refractivity contribution is 0.288. The summed E-state index contributed by atoms with van der Waals surface area (Å²) < 4.78 is 11.4. The zero-order valence-electron chi connectivity index (χ0n) is 9.44. The Bertz CT molecular complexity index is 643. The molecule has 0 unspecified atom stereocenters. The van der Waals surface area contributed by atoms with Gasteiger partial charge in [0, 0.05) is 5.56 Å². The molecule has 0 fully saturated rings. The first-order valence-corrected chi connectivity index (χ1v) is 6.40. The molecule has 1 aromatic carbocycles. The van der Waals surface area contributed by atoms with E-state index >= 15 is 0 Å². The van der Waals surface area contributed by atoms with Crippen molar-refractivity contribution in [1.82, 2.24) is 5.16 Å². The molecule has 0 N–H and O–H groups in total. The molecule has 3 rings (SSSR count). The molecule has 0 bridgehead atoms. The quantitative estimate of drug-likeness (QED) is 0.811. The number of aromatic nitrogens is 1. The SMILES string of the molecule is N#Cc1noc(-c2ccc3c(c2)CCCO3)c1Br. The second-order valence-corrected chi connectivity index (χ2v) is 4.85. The Balaban J connectivity index is 2.07. The van der Waals surface area contributed by atoms with Gasteiger partial charge in [-0.1, -0.05) is 5.16 Å². The predicted octanol–water partition coefficient (Wildman–Crippen LogP) is 3.30. The van der Waals surface area contributed by atoms with E-state index in [9.17, 15) is 0 Å². The number of fused-ring (bicyclic) bond motifs is 1. The minimum atomic E-state index is 0.263. The van der Waals surface area contributed by atoms with E-state index in [2.05, 4.69) is 21.1 Å². The fourth-order valence-electron chi connectivity index (χ4n) is 2.03. The molecule has 4 nitrogen and oxygen atoms in total. The third-order valence-corrected chi connectivity index (χ3v) is 3.65. The monoisotopic (exact) mass is 304 g/mol. The van der Waals surface area contributed by atoms with E-state index in [0.29, 0.717) is 10.2 Å². The van der Waals surface area contributed by atoms with Gasteiger partial charge in [0.15, 0.2) is 11.5 Å². The summed E-state index contributed by atoms with van der Waals surface area (Å²) in [6, 6.07) is 7.85. The number of halogens is 1. The van der Waals surface area contributed by atoms with Crippen LogP contribution in [-0.2, 0) is 6.42 Å². The lowest BCUT2D eigenvalue weighted by atomic mass is 10.0. The highest BCUT2D eigenvalue weighted by molar-refractivity contribution is 9.10. The zero-order valence-corrected chi connectivity index (χ0v) is 11.0. The Morgan fingerprint density at radius 3 is 3.06 bits per heavy atom. The molecule has 0 spiro atoms. The number of ether oxygens (including phenoxy) is 1. The van der Waals surface area contributed by atoms with Gasteiger partial charge in [0.05, 0.1) is 6.61 Å². The fraction of sp³-hybridized carbons (Fsp3) is 0.231. The summed E-state index contributed by atoms with van der Waals surface area (Å²) in [5.74, 6) is 1.51. The Morgan fingerprint density at radius 1 is 1.39 bits per heavy atom. The number of rotatable bonds is 1. The topological polar surface area (TPSA) is 59.0 Å². The van der Waals surface area contributed by atoms with Gasteiger partial charge in [-0.2, -0.15) is 5.26 Å². The molecule has 0 saturated carbocycles. The summed E-state index contributed by atoms with van der Waals surface area (Å²) >= 11 is 3.33. The third-order valence-electron chi connectivity index (χ3n) is 2.91. The number of nitrogens with zero attached hydrogens (tertiary/aromatic N) is 2. The highest BCUT2D eigenvalue weighted by Gasteiger charge is 2.17. The van der Waals surface area contributed by atoms with Crippen molar-refractivity contribution < 1.29 is 9.26 Å². The van der Waals surface area contributed by atoms with Crippen LogP contribution in [0, 0.1) is 11.3 Å². The Morgan fingerprint density at radius 2 is 2.28 bits per heavy atom. The zero-order chi connectivity index (χ0) is 12.5. The normalized spacial score (nSPS) is 13.6. The van der Waals surface area contributed by atoms with Gasteiger partial charge < -0.3 is 9.26 Å². The standard InChI is InChI=1S/C13H9BrN2O2/c14-12-10(7-15)16-18-13(12)9-3-4-11-8(6-9)2-1-5-17-11/h3-4,6H,1-2,5H2. The first kappa shape index (κ1) is 11.3. The van der Waals surface area contributed by atoms with Crippen LogP contribution in [0.25, 0.3) is 11.3 Å². The van der Waals surface area contributed by atoms with E-state index in [0.717, 1.165) is 30.8 Å². The second-order valence-electron chi connectivity index (χ2n) is 4.06. The Labute approximate surface area is 112 Å². The molecular weight excluding hydrogens is 296 g/mol. The van der Waals surface area contributed by atoms with Crippen LogP contribution in [-0.4, -0.2) is 11.8 Å². The summed E-state index contributed by atoms with van der Waals surface area (Å²) in [7, 11) is 0. The Hall–Kier alpha value is -1.80. The van der Waals surface area contributed by atoms with Crippen LogP contribution in [0.3, 0.4) is 0 Å². The van der Waals surface area contributed by atoms with Crippen LogP contribution in [0.4, 0.5) is 0 Å². The molecule has 0 atom stereocenters. The summed E-state index contributed by atoms with van der Waals surface area (Å²) in [5, 5.41) is 12.6. The maximum Gasteiger partial charge on any atom is 0.198 e. The van der Waals surface area contributed by atoms with Gasteiger partial charge >= 0.3 is 0 Å². The first-order valence-electron chi connectivity index (χ1n) is 5.61. The molecule has 1 aliphatic rings. The molecule has 2 aromatic rings. The highest BCUT2D eigenvalue weighted by Crippen LogP contribution is 2.34. The molecule has 2 heterocycles. The molecule has 18 heavy (non-hydrogen) atoms. The van der Waals surface area contributed by atoms with Crippen molar-refractivity contribution in [2.45, 2.75) is 12.8 Å². The summed E-state index contributed by atoms with van der Waals surface area (Å²) in [6.07, 6.45) is 2.03. The molecule has 0 amide bonds. The van der Waals surface area contributed by atoms with Crippen molar-refractivity contribution in [2.24, 2.45) is 0 Å². The van der Waals surface area contributed by atoms with Crippen LogP contribution in [0.15, 0.2) is 27.2 Å². The number of hydrogen-bond donors (Lipinski definition) is 0. The van der Waals surface area contributed by atoms with Gasteiger partial charge in [-0.25, -0.2) is 0 Å². The van der Waals surface area contributed by atoms with Gasteiger partial charge in [-0.3, -0.25) is 0 Å². The van der Waals surface area contributed by atoms with Crippen molar-refractivity contribution in [3.05, 3.63) is 33.9 Å². The molecule has 1 aromatic heterocycles. The van der Waals surface area contributed by atoms with Crippen molar-refractivity contribution in [3.8, 4) is 23.1 Å². The average molecular weight is 305 g/mol. The molecule has 0 saturated heterocycles. The van der Waals surface area contributed by atoms with E-state index in [-0.39, 0.29) is 5.69 Å². The van der Waals surface area contributed by atoms with E-state index in [1.165, 1.54) is 5.56 Å². The van der Waals surface area contributed by atoms with Crippen LogP contribution >= 0.6 is 15.9 Å². The molecule has 1 aliphatic heterocycles. The average Bonchev–Trinajstić information content (AvgIpc) is 2.79. The molecular formula is C13H9BrN2O2. The van der Waals surface area contributed by atoms with Gasteiger partial charge in [0.25, 0.3) is 0 Å². The number of aryl methyl sites for hydroxylation is 1. The van der Waals surface area contributed by atoms with Gasteiger partial charge in [-0.15, -0.1) is 0 Å². The summed E-state index contributed by atoms with van der Waals surface area (Å²) in [5.41, 5.74) is 2.33. The lowest BCUT2D eigenvalue weighted by Crippen LogP contribution is -2.07. The van der Waals surface area contributed by atoms with Crippen molar-refractivity contribution in [1.29, 1.82) is 5.26 Å². The first-order chi connectivity index (χ1) is 8.79. The van der Waals surface area contributed by atoms with Gasteiger partial charge in [0.1, 0.15) is 16.3 Å². The molecule has 0 radical (unpaired) electrons. The van der Waals surface area contributed by atoms with Crippen LogP contribution < -0.4 is 4.74 Å². The van der Waals surface area contributed by atoms with E-state index in [4.69, 9.17) is 14.5 Å². The number of nitriles is 1. The molecule has 90 valence electrons. The van der Waals surface area contributed by atoms with Gasteiger partial charge in [0.2, 0.25) is 0 Å². The minimum Gasteiger partial charge on any atom is -0.493 e. The van der Waals surface area contributed by atoms with Crippen molar-refractivity contribution >= 4 is 15.9 Å². The Kier molecular flexibility index (Phi) is 2.80. The largest absolute Gasteiger partial charge is 0.493 e. The van der Waals surface area contributed by atoms with E-state index < -0.39 is 0 Å². The molecule has 0 aliphatic carbocycles. The maximum absolute atomic E-state index is 8.85.